The van der Waals surface area contributed by atoms with Crippen LogP contribution in [0.5, 0.6) is 0 Å². The van der Waals surface area contributed by atoms with Crippen LogP contribution in [0.25, 0.3) is 0 Å². The molecule has 1 spiro atoms. The number of rotatable bonds is 2. The molecule has 1 aliphatic heterocycles. The van der Waals surface area contributed by atoms with E-state index in [1.54, 1.807) is 0 Å². The van der Waals surface area contributed by atoms with E-state index in [1.807, 2.05) is 23.1 Å². The van der Waals surface area contributed by atoms with E-state index >= 15 is 0 Å². The summed E-state index contributed by atoms with van der Waals surface area (Å²) >= 11 is 0. The van der Waals surface area contributed by atoms with Gasteiger partial charge in [0.2, 0.25) is 0 Å². The molecular formula is C15H22N2O. The molecule has 1 aromatic rings. The van der Waals surface area contributed by atoms with Crippen molar-refractivity contribution < 1.29 is 4.74 Å². The summed E-state index contributed by atoms with van der Waals surface area (Å²) in [4.78, 5) is 0. The number of hydrogen-bond acceptors (Lipinski definition) is 2. The Hall–Kier alpha value is -1.09. The Kier molecular flexibility index (Phi) is 3.25. The van der Waals surface area contributed by atoms with E-state index < -0.39 is 0 Å². The summed E-state index contributed by atoms with van der Waals surface area (Å²) in [5.74, 6) is 0.725. The van der Waals surface area contributed by atoms with Crippen LogP contribution in [-0.4, -0.2) is 16.4 Å². The van der Waals surface area contributed by atoms with Gasteiger partial charge in [-0.1, -0.05) is 18.6 Å². The van der Waals surface area contributed by atoms with E-state index in [1.165, 1.54) is 32.1 Å². The standard InChI is InChI=1S/C15H22N2O/c1-2-5-13-6-3-7-15(12-13)8-11-18-14(15)17-10-4-9-16-17/h2,4-5,9-10,13-14H,3,6-8,11-12H2,1H3. The predicted octanol–water partition coefficient (Wildman–Crippen LogP) is 3.55. The topological polar surface area (TPSA) is 27.1 Å². The van der Waals surface area contributed by atoms with Crippen molar-refractivity contribution in [3.63, 3.8) is 0 Å². The average molecular weight is 246 g/mol. The van der Waals surface area contributed by atoms with Gasteiger partial charge in [0.25, 0.3) is 0 Å². The number of hydrogen-bond donors (Lipinski definition) is 0. The van der Waals surface area contributed by atoms with Gasteiger partial charge >= 0.3 is 0 Å². The van der Waals surface area contributed by atoms with Gasteiger partial charge in [-0.25, -0.2) is 4.68 Å². The van der Waals surface area contributed by atoms with Crippen LogP contribution in [0, 0.1) is 11.3 Å². The molecule has 3 unspecified atom stereocenters. The Labute approximate surface area is 109 Å². The van der Waals surface area contributed by atoms with E-state index in [4.69, 9.17) is 4.74 Å². The Balaban J connectivity index is 1.84. The first-order chi connectivity index (χ1) is 8.84. The summed E-state index contributed by atoms with van der Waals surface area (Å²) < 4.78 is 8.01. The normalized spacial score (nSPS) is 36.7. The fourth-order valence-electron chi connectivity index (χ4n) is 3.78. The van der Waals surface area contributed by atoms with Crippen LogP contribution in [0.1, 0.15) is 45.3 Å². The Bertz CT molecular complexity index is 412. The third-order valence-electron chi connectivity index (χ3n) is 4.55. The van der Waals surface area contributed by atoms with Gasteiger partial charge in [-0.05, 0) is 44.6 Å². The molecule has 2 aliphatic rings. The first kappa shape index (κ1) is 12.0. The molecule has 2 fully saturated rings. The predicted molar refractivity (Wildman–Crippen MR) is 71.0 cm³/mol. The number of nitrogens with zero attached hydrogens (tertiary/aromatic N) is 2. The minimum Gasteiger partial charge on any atom is -0.356 e. The lowest BCUT2D eigenvalue weighted by atomic mass is 9.67. The van der Waals surface area contributed by atoms with E-state index in [2.05, 4.69) is 24.2 Å². The molecule has 3 heteroatoms. The second-order valence-corrected chi connectivity index (χ2v) is 5.70. The molecule has 0 amide bonds. The quantitative estimate of drug-likeness (QED) is 0.746. The highest BCUT2D eigenvalue weighted by atomic mass is 16.5. The Morgan fingerprint density at radius 3 is 3.17 bits per heavy atom. The summed E-state index contributed by atoms with van der Waals surface area (Å²) in [7, 11) is 0. The summed E-state index contributed by atoms with van der Waals surface area (Å²) in [6.07, 6.45) is 15.0. The minimum atomic E-state index is 0.153. The van der Waals surface area contributed by atoms with Gasteiger partial charge in [-0.3, -0.25) is 0 Å². The van der Waals surface area contributed by atoms with Crippen molar-refractivity contribution in [2.75, 3.05) is 6.61 Å². The van der Waals surface area contributed by atoms with E-state index in [9.17, 15) is 0 Å². The van der Waals surface area contributed by atoms with Crippen molar-refractivity contribution in [2.24, 2.45) is 11.3 Å². The van der Waals surface area contributed by atoms with Crippen LogP contribution in [0.2, 0.25) is 0 Å². The molecule has 18 heavy (non-hydrogen) atoms. The first-order valence-corrected chi connectivity index (χ1v) is 7.08. The molecular weight excluding hydrogens is 224 g/mol. The Morgan fingerprint density at radius 2 is 2.39 bits per heavy atom. The lowest BCUT2D eigenvalue weighted by Gasteiger charge is -2.40. The largest absolute Gasteiger partial charge is 0.356 e. The second kappa shape index (κ2) is 4.88. The smallest absolute Gasteiger partial charge is 0.155 e. The molecule has 98 valence electrons. The maximum Gasteiger partial charge on any atom is 0.155 e. The molecule has 0 aromatic carbocycles. The van der Waals surface area contributed by atoms with Crippen LogP contribution in [0.3, 0.4) is 0 Å². The van der Waals surface area contributed by atoms with Crippen molar-refractivity contribution in [3.05, 3.63) is 30.6 Å². The molecule has 2 heterocycles. The van der Waals surface area contributed by atoms with Crippen LogP contribution in [0.15, 0.2) is 30.6 Å². The third kappa shape index (κ3) is 2.01. The monoisotopic (exact) mass is 246 g/mol. The molecule has 3 atom stereocenters. The molecule has 3 rings (SSSR count). The highest BCUT2D eigenvalue weighted by Gasteiger charge is 2.47. The molecule has 3 nitrogen and oxygen atoms in total. The number of allylic oxidation sites excluding steroid dienone is 2. The van der Waals surface area contributed by atoms with Gasteiger partial charge < -0.3 is 4.74 Å². The summed E-state index contributed by atoms with van der Waals surface area (Å²) in [6.45, 7) is 3.00. The van der Waals surface area contributed by atoms with Gasteiger partial charge in [-0.2, -0.15) is 5.10 Å². The van der Waals surface area contributed by atoms with Crippen molar-refractivity contribution in [2.45, 2.75) is 45.3 Å². The van der Waals surface area contributed by atoms with E-state index in [0.29, 0.717) is 5.41 Å². The third-order valence-corrected chi connectivity index (χ3v) is 4.55. The maximum absolute atomic E-state index is 5.99. The summed E-state index contributed by atoms with van der Waals surface area (Å²) in [5.41, 5.74) is 0.314. The SMILES string of the molecule is CC=CC1CCCC2(CCOC2n2cccn2)C1. The Morgan fingerprint density at radius 1 is 1.44 bits per heavy atom. The van der Waals surface area contributed by atoms with Crippen LogP contribution < -0.4 is 0 Å². The van der Waals surface area contributed by atoms with Crippen molar-refractivity contribution >= 4 is 0 Å². The van der Waals surface area contributed by atoms with Crippen LogP contribution in [0.4, 0.5) is 0 Å². The van der Waals surface area contributed by atoms with Gasteiger partial charge in [-0.15, -0.1) is 0 Å². The molecule has 0 N–H and O–H groups in total. The molecule has 1 saturated heterocycles. The van der Waals surface area contributed by atoms with Gasteiger partial charge in [0.05, 0.1) is 0 Å². The molecule has 1 aromatic heterocycles. The lowest BCUT2D eigenvalue weighted by Crippen LogP contribution is -2.34. The highest BCUT2D eigenvalue weighted by Crippen LogP contribution is 2.53. The lowest BCUT2D eigenvalue weighted by molar-refractivity contribution is -0.0416. The second-order valence-electron chi connectivity index (χ2n) is 5.70. The van der Waals surface area contributed by atoms with Gasteiger partial charge in [0, 0.05) is 24.4 Å². The van der Waals surface area contributed by atoms with E-state index in [0.717, 1.165) is 12.5 Å². The fraction of sp³-hybridized carbons (Fsp3) is 0.667. The number of ether oxygens (including phenoxy) is 1. The van der Waals surface area contributed by atoms with Crippen molar-refractivity contribution in [1.29, 1.82) is 0 Å². The minimum absolute atomic E-state index is 0.153. The van der Waals surface area contributed by atoms with Gasteiger partial charge in [0.15, 0.2) is 6.23 Å². The zero-order valence-electron chi connectivity index (χ0n) is 11.1. The van der Waals surface area contributed by atoms with Crippen molar-refractivity contribution in [3.8, 4) is 0 Å². The first-order valence-electron chi connectivity index (χ1n) is 7.08. The number of aromatic nitrogens is 2. The summed E-state index contributed by atoms with van der Waals surface area (Å²) in [5, 5.41) is 4.39. The van der Waals surface area contributed by atoms with E-state index in [-0.39, 0.29) is 6.23 Å². The maximum atomic E-state index is 5.99. The van der Waals surface area contributed by atoms with Gasteiger partial charge in [0.1, 0.15) is 0 Å². The highest BCUT2D eigenvalue weighted by molar-refractivity contribution is 4.99. The van der Waals surface area contributed by atoms with Crippen LogP contribution in [-0.2, 0) is 4.74 Å². The van der Waals surface area contributed by atoms with Crippen LogP contribution >= 0.6 is 0 Å². The molecule has 1 aliphatic carbocycles. The zero-order valence-corrected chi connectivity index (χ0v) is 11.1. The fourth-order valence-corrected chi connectivity index (χ4v) is 3.78. The average Bonchev–Trinajstić information content (AvgIpc) is 2.99. The van der Waals surface area contributed by atoms with Crippen molar-refractivity contribution in [1.82, 2.24) is 9.78 Å². The zero-order chi connectivity index (χ0) is 12.4. The molecule has 0 radical (unpaired) electrons. The summed E-state index contributed by atoms with van der Waals surface area (Å²) in [6, 6.07) is 1.99. The molecule has 0 bridgehead atoms. The molecule has 1 saturated carbocycles.